The Kier molecular flexibility index (Phi) is 5.21. The van der Waals surface area contributed by atoms with E-state index in [2.05, 4.69) is 49.5 Å². The summed E-state index contributed by atoms with van der Waals surface area (Å²) in [6.45, 7) is 9.34. The van der Waals surface area contributed by atoms with Crippen LogP contribution in [-0.2, 0) is 6.54 Å². The maximum absolute atomic E-state index is 5.75. The molecule has 3 heteroatoms. The molecular formula is C17H23NOS. The minimum absolute atomic E-state index is 0.211. The van der Waals surface area contributed by atoms with Crippen LogP contribution in [0.15, 0.2) is 36.4 Å². The Labute approximate surface area is 125 Å². The fraction of sp³-hybridized carbons (Fsp3) is 0.412. The topological polar surface area (TPSA) is 21.3 Å². The van der Waals surface area contributed by atoms with Gasteiger partial charge in [0.2, 0.25) is 0 Å². The molecule has 0 spiro atoms. The Morgan fingerprint density at radius 1 is 1.15 bits per heavy atom. The molecule has 0 bridgehead atoms. The van der Waals surface area contributed by atoms with Crippen LogP contribution in [0.2, 0.25) is 0 Å². The van der Waals surface area contributed by atoms with Crippen molar-refractivity contribution in [1.29, 1.82) is 0 Å². The number of hydrogen-bond acceptors (Lipinski definition) is 3. The lowest BCUT2D eigenvalue weighted by molar-refractivity contribution is 0.242. The molecule has 0 aliphatic rings. The third kappa shape index (κ3) is 4.36. The SMILES string of the molecule is Cc1ccc(CNC(C)c2cccc(OC(C)C)c2)s1. The highest BCUT2D eigenvalue weighted by molar-refractivity contribution is 7.11. The smallest absolute Gasteiger partial charge is 0.120 e. The molecule has 1 heterocycles. The Morgan fingerprint density at radius 3 is 2.60 bits per heavy atom. The molecular weight excluding hydrogens is 266 g/mol. The van der Waals surface area contributed by atoms with E-state index in [-0.39, 0.29) is 6.10 Å². The van der Waals surface area contributed by atoms with Crippen LogP contribution >= 0.6 is 11.3 Å². The zero-order valence-electron chi connectivity index (χ0n) is 12.6. The van der Waals surface area contributed by atoms with Crippen molar-refractivity contribution in [3.8, 4) is 5.75 Å². The van der Waals surface area contributed by atoms with Crippen molar-refractivity contribution in [2.24, 2.45) is 0 Å². The number of aryl methyl sites for hydroxylation is 1. The summed E-state index contributed by atoms with van der Waals surface area (Å²) in [5.41, 5.74) is 1.26. The third-order valence-corrected chi connectivity index (χ3v) is 4.11. The van der Waals surface area contributed by atoms with E-state index < -0.39 is 0 Å². The van der Waals surface area contributed by atoms with E-state index in [1.807, 2.05) is 31.3 Å². The van der Waals surface area contributed by atoms with Crippen molar-refractivity contribution in [2.45, 2.75) is 46.4 Å². The van der Waals surface area contributed by atoms with Crippen LogP contribution in [-0.4, -0.2) is 6.10 Å². The first-order valence-corrected chi connectivity index (χ1v) is 7.91. The zero-order valence-corrected chi connectivity index (χ0v) is 13.5. The molecule has 0 aliphatic heterocycles. The molecule has 1 unspecified atom stereocenters. The van der Waals surface area contributed by atoms with E-state index in [9.17, 15) is 0 Å². The van der Waals surface area contributed by atoms with E-state index in [0.29, 0.717) is 6.04 Å². The Hall–Kier alpha value is -1.32. The van der Waals surface area contributed by atoms with E-state index in [4.69, 9.17) is 4.74 Å². The molecule has 1 aromatic carbocycles. The molecule has 1 aromatic heterocycles. The molecule has 2 nitrogen and oxygen atoms in total. The molecule has 0 saturated carbocycles. The van der Waals surface area contributed by atoms with Crippen molar-refractivity contribution >= 4 is 11.3 Å². The second kappa shape index (κ2) is 6.91. The number of nitrogens with one attached hydrogen (secondary N) is 1. The van der Waals surface area contributed by atoms with Gasteiger partial charge in [-0.25, -0.2) is 0 Å². The summed E-state index contributed by atoms with van der Waals surface area (Å²) in [4.78, 5) is 2.74. The summed E-state index contributed by atoms with van der Waals surface area (Å²) in [5, 5.41) is 3.56. The highest BCUT2D eigenvalue weighted by atomic mass is 32.1. The highest BCUT2D eigenvalue weighted by Crippen LogP contribution is 2.21. The quantitative estimate of drug-likeness (QED) is 0.832. The maximum atomic E-state index is 5.75. The van der Waals surface area contributed by atoms with E-state index in [0.717, 1.165) is 12.3 Å². The van der Waals surface area contributed by atoms with Gasteiger partial charge in [0.1, 0.15) is 5.75 Å². The average molecular weight is 289 g/mol. The van der Waals surface area contributed by atoms with Gasteiger partial charge in [-0.15, -0.1) is 11.3 Å². The first-order chi connectivity index (χ1) is 9.54. The van der Waals surface area contributed by atoms with Gasteiger partial charge >= 0.3 is 0 Å². The predicted octanol–water partition coefficient (Wildman–Crippen LogP) is 4.69. The molecule has 0 amide bonds. The number of hydrogen-bond donors (Lipinski definition) is 1. The van der Waals surface area contributed by atoms with Crippen molar-refractivity contribution < 1.29 is 4.74 Å². The van der Waals surface area contributed by atoms with Crippen molar-refractivity contribution in [2.75, 3.05) is 0 Å². The lowest BCUT2D eigenvalue weighted by Gasteiger charge is -2.16. The van der Waals surface area contributed by atoms with Gasteiger partial charge < -0.3 is 10.1 Å². The maximum Gasteiger partial charge on any atom is 0.120 e. The minimum Gasteiger partial charge on any atom is -0.491 e. The monoisotopic (exact) mass is 289 g/mol. The molecule has 0 radical (unpaired) electrons. The summed E-state index contributed by atoms with van der Waals surface area (Å²) >= 11 is 1.85. The first kappa shape index (κ1) is 15.1. The van der Waals surface area contributed by atoms with Gasteiger partial charge in [-0.3, -0.25) is 0 Å². The fourth-order valence-corrected chi connectivity index (χ4v) is 2.92. The van der Waals surface area contributed by atoms with Crippen LogP contribution in [0.1, 0.15) is 42.1 Å². The van der Waals surface area contributed by atoms with Gasteiger partial charge in [0, 0.05) is 22.3 Å². The Bertz CT molecular complexity index is 547. The van der Waals surface area contributed by atoms with Crippen LogP contribution in [0.25, 0.3) is 0 Å². The third-order valence-electron chi connectivity index (χ3n) is 3.11. The van der Waals surface area contributed by atoms with Gasteiger partial charge in [0.05, 0.1) is 6.10 Å². The summed E-state index contributed by atoms with van der Waals surface area (Å²) in [6, 6.07) is 13.0. The Morgan fingerprint density at radius 2 is 1.95 bits per heavy atom. The summed E-state index contributed by atoms with van der Waals surface area (Å²) in [6.07, 6.45) is 0.211. The first-order valence-electron chi connectivity index (χ1n) is 7.10. The second-order valence-electron chi connectivity index (χ2n) is 5.35. The molecule has 1 atom stereocenters. The summed E-state index contributed by atoms with van der Waals surface area (Å²) in [5.74, 6) is 0.943. The van der Waals surface area contributed by atoms with Gasteiger partial charge in [-0.1, -0.05) is 12.1 Å². The summed E-state index contributed by atoms with van der Waals surface area (Å²) < 4.78 is 5.75. The van der Waals surface area contributed by atoms with Crippen molar-refractivity contribution in [3.63, 3.8) is 0 Å². The fourth-order valence-electron chi connectivity index (χ4n) is 2.08. The van der Waals surface area contributed by atoms with Crippen LogP contribution in [0.4, 0.5) is 0 Å². The van der Waals surface area contributed by atoms with Crippen LogP contribution in [0, 0.1) is 6.92 Å². The molecule has 0 fully saturated rings. The summed E-state index contributed by atoms with van der Waals surface area (Å²) in [7, 11) is 0. The van der Waals surface area contributed by atoms with Crippen LogP contribution in [0.3, 0.4) is 0 Å². The molecule has 20 heavy (non-hydrogen) atoms. The van der Waals surface area contributed by atoms with E-state index >= 15 is 0 Å². The normalized spacial score (nSPS) is 12.7. The van der Waals surface area contributed by atoms with Gasteiger partial charge in [-0.2, -0.15) is 0 Å². The average Bonchev–Trinajstić information content (AvgIpc) is 2.81. The largest absolute Gasteiger partial charge is 0.491 e. The molecule has 108 valence electrons. The molecule has 2 aromatic rings. The van der Waals surface area contributed by atoms with Gasteiger partial charge in [0.25, 0.3) is 0 Å². The highest BCUT2D eigenvalue weighted by Gasteiger charge is 2.07. The standard InChI is InChI=1S/C17H23NOS/c1-12(2)19-16-7-5-6-15(10-16)14(4)18-11-17-9-8-13(3)20-17/h5-10,12,14,18H,11H2,1-4H3. The number of rotatable bonds is 6. The predicted molar refractivity (Wildman–Crippen MR) is 86.5 cm³/mol. The zero-order chi connectivity index (χ0) is 14.5. The van der Waals surface area contributed by atoms with Crippen molar-refractivity contribution in [3.05, 3.63) is 51.7 Å². The second-order valence-corrected chi connectivity index (χ2v) is 6.73. The van der Waals surface area contributed by atoms with Crippen LogP contribution in [0.5, 0.6) is 5.75 Å². The van der Waals surface area contributed by atoms with Crippen molar-refractivity contribution in [1.82, 2.24) is 5.32 Å². The molecule has 1 N–H and O–H groups in total. The van der Waals surface area contributed by atoms with E-state index in [1.54, 1.807) is 0 Å². The minimum atomic E-state index is 0.211. The number of thiophene rings is 1. The number of benzene rings is 1. The molecule has 0 saturated heterocycles. The molecule has 2 rings (SSSR count). The number of ether oxygens (including phenoxy) is 1. The van der Waals surface area contributed by atoms with Gasteiger partial charge in [0.15, 0.2) is 0 Å². The van der Waals surface area contributed by atoms with Crippen LogP contribution < -0.4 is 10.1 Å². The lowest BCUT2D eigenvalue weighted by Crippen LogP contribution is -2.17. The van der Waals surface area contributed by atoms with Gasteiger partial charge in [-0.05, 0) is 57.5 Å². The molecule has 0 aliphatic carbocycles. The Balaban J connectivity index is 1.96. The van der Waals surface area contributed by atoms with E-state index in [1.165, 1.54) is 15.3 Å². The lowest BCUT2D eigenvalue weighted by atomic mass is 10.1.